The predicted molar refractivity (Wildman–Crippen MR) is 41.4 cm³/mol. The van der Waals surface area contributed by atoms with Crippen molar-refractivity contribution in [1.82, 2.24) is 9.97 Å². The van der Waals surface area contributed by atoms with Crippen molar-refractivity contribution in [2.24, 2.45) is 0 Å². The van der Waals surface area contributed by atoms with Crippen molar-refractivity contribution < 1.29 is 0 Å². The number of aromatic amines is 1. The summed E-state index contributed by atoms with van der Waals surface area (Å²) in [6.07, 6.45) is 6.21. The lowest BCUT2D eigenvalue weighted by molar-refractivity contribution is 0.982. The monoisotopic (exact) mass is 152 g/mol. The molecule has 1 saturated carbocycles. The van der Waals surface area contributed by atoms with E-state index in [0.717, 1.165) is 5.69 Å². The fourth-order valence-corrected chi connectivity index (χ4v) is 1.07. The minimum Gasteiger partial charge on any atom is -0.350 e. The van der Waals surface area contributed by atoms with Crippen molar-refractivity contribution in [1.29, 1.82) is 0 Å². The maximum absolute atomic E-state index is 4.86. The van der Waals surface area contributed by atoms with Gasteiger partial charge in [-0.05, 0) is 12.8 Å². The molecule has 0 saturated heterocycles. The van der Waals surface area contributed by atoms with Crippen LogP contribution in [-0.2, 0) is 0 Å². The van der Waals surface area contributed by atoms with E-state index in [2.05, 4.69) is 9.97 Å². The van der Waals surface area contributed by atoms with E-state index in [-0.39, 0.29) is 0 Å². The highest BCUT2D eigenvalue weighted by molar-refractivity contribution is 7.71. The van der Waals surface area contributed by atoms with Gasteiger partial charge in [0.25, 0.3) is 0 Å². The van der Waals surface area contributed by atoms with E-state index in [1.54, 1.807) is 6.20 Å². The van der Waals surface area contributed by atoms with Gasteiger partial charge in [0.1, 0.15) is 4.64 Å². The second-order valence-electron chi connectivity index (χ2n) is 2.61. The van der Waals surface area contributed by atoms with Gasteiger partial charge in [0.15, 0.2) is 0 Å². The van der Waals surface area contributed by atoms with Gasteiger partial charge in [-0.15, -0.1) is 0 Å². The summed E-state index contributed by atoms with van der Waals surface area (Å²) in [5.41, 5.74) is 1.16. The van der Waals surface area contributed by atoms with Gasteiger partial charge >= 0.3 is 0 Å². The smallest absolute Gasteiger partial charge is 0.121 e. The Morgan fingerprint density at radius 1 is 1.60 bits per heavy atom. The molecule has 2 rings (SSSR count). The first kappa shape index (κ1) is 6.04. The molecule has 1 aromatic rings. The van der Waals surface area contributed by atoms with Crippen molar-refractivity contribution in [2.75, 3.05) is 0 Å². The van der Waals surface area contributed by atoms with E-state index in [1.807, 2.05) is 6.20 Å². The van der Waals surface area contributed by atoms with Crippen LogP contribution in [0.2, 0.25) is 0 Å². The molecule has 10 heavy (non-hydrogen) atoms. The highest BCUT2D eigenvalue weighted by Crippen LogP contribution is 2.38. The predicted octanol–water partition coefficient (Wildman–Crippen LogP) is 2.02. The van der Waals surface area contributed by atoms with Crippen LogP contribution in [0.15, 0.2) is 12.4 Å². The second-order valence-corrected chi connectivity index (χ2v) is 3.05. The average Bonchev–Trinajstić information content (AvgIpc) is 2.71. The molecule has 52 valence electrons. The summed E-state index contributed by atoms with van der Waals surface area (Å²) in [6.45, 7) is 0. The molecule has 0 bridgehead atoms. The Hall–Kier alpha value is -0.700. The standard InChI is InChI=1S/C7H8N2S/c10-7-4-8-6(3-9-7)5-1-2-5/h3-5H,1-2H2,(H,9,10). The molecule has 0 unspecified atom stereocenters. The van der Waals surface area contributed by atoms with Crippen molar-refractivity contribution in [3.8, 4) is 0 Å². The third-order valence-electron chi connectivity index (χ3n) is 1.69. The van der Waals surface area contributed by atoms with E-state index >= 15 is 0 Å². The molecule has 0 spiro atoms. The van der Waals surface area contributed by atoms with E-state index in [9.17, 15) is 0 Å². The van der Waals surface area contributed by atoms with Gasteiger partial charge in [0, 0.05) is 12.1 Å². The summed E-state index contributed by atoms with van der Waals surface area (Å²) in [5.74, 6) is 0.715. The maximum atomic E-state index is 4.86. The van der Waals surface area contributed by atoms with Crippen molar-refractivity contribution in [2.45, 2.75) is 18.8 Å². The molecule has 0 amide bonds. The molecule has 2 nitrogen and oxygen atoms in total. The van der Waals surface area contributed by atoms with Gasteiger partial charge < -0.3 is 4.98 Å². The highest BCUT2D eigenvalue weighted by Gasteiger charge is 2.24. The van der Waals surface area contributed by atoms with Crippen LogP contribution in [0.25, 0.3) is 0 Å². The van der Waals surface area contributed by atoms with Crippen molar-refractivity contribution >= 4 is 12.2 Å². The molecule has 1 heterocycles. The Morgan fingerprint density at radius 3 is 2.90 bits per heavy atom. The van der Waals surface area contributed by atoms with Crippen LogP contribution in [0.5, 0.6) is 0 Å². The number of hydrogen-bond acceptors (Lipinski definition) is 2. The first-order chi connectivity index (χ1) is 4.86. The molecule has 3 heteroatoms. The lowest BCUT2D eigenvalue weighted by Crippen LogP contribution is -1.86. The third kappa shape index (κ3) is 1.09. The van der Waals surface area contributed by atoms with Crippen LogP contribution in [0, 0.1) is 4.64 Å². The van der Waals surface area contributed by atoms with Crippen LogP contribution in [0.4, 0.5) is 0 Å². The molecule has 0 radical (unpaired) electrons. The Balaban J connectivity index is 2.36. The molecule has 1 aliphatic rings. The largest absolute Gasteiger partial charge is 0.350 e. The molecule has 0 aromatic carbocycles. The second kappa shape index (κ2) is 2.16. The summed E-state index contributed by atoms with van der Waals surface area (Å²) in [6, 6.07) is 0. The number of hydrogen-bond donors (Lipinski definition) is 1. The van der Waals surface area contributed by atoms with Gasteiger partial charge in [0.2, 0.25) is 0 Å². The van der Waals surface area contributed by atoms with Crippen molar-refractivity contribution in [3.63, 3.8) is 0 Å². The van der Waals surface area contributed by atoms with E-state index in [1.165, 1.54) is 12.8 Å². The fourth-order valence-electron chi connectivity index (χ4n) is 0.955. The maximum Gasteiger partial charge on any atom is 0.121 e. The summed E-state index contributed by atoms with van der Waals surface area (Å²) in [4.78, 5) is 7.18. The third-order valence-corrected chi connectivity index (χ3v) is 1.91. The number of rotatable bonds is 1. The summed E-state index contributed by atoms with van der Waals surface area (Å²) in [7, 11) is 0. The van der Waals surface area contributed by atoms with Gasteiger partial charge in [-0.2, -0.15) is 0 Å². The molecule has 1 N–H and O–H groups in total. The van der Waals surface area contributed by atoms with Crippen LogP contribution < -0.4 is 0 Å². The van der Waals surface area contributed by atoms with Crippen LogP contribution in [-0.4, -0.2) is 9.97 Å². The van der Waals surface area contributed by atoms with Gasteiger partial charge in [0.05, 0.1) is 11.9 Å². The fraction of sp³-hybridized carbons (Fsp3) is 0.429. The Labute approximate surface area is 64.3 Å². The zero-order valence-corrected chi connectivity index (χ0v) is 6.32. The number of nitrogens with one attached hydrogen (secondary N) is 1. The number of aromatic nitrogens is 2. The SMILES string of the molecule is S=c1cnc(C2CC2)c[nH]1. The Kier molecular flexibility index (Phi) is 1.31. The van der Waals surface area contributed by atoms with E-state index < -0.39 is 0 Å². The molecule has 1 fully saturated rings. The van der Waals surface area contributed by atoms with E-state index in [4.69, 9.17) is 12.2 Å². The lowest BCUT2D eigenvalue weighted by Gasteiger charge is -1.92. The zero-order valence-electron chi connectivity index (χ0n) is 5.50. The number of H-pyrrole nitrogens is 1. The highest BCUT2D eigenvalue weighted by atomic mass is 32.1. The minimum absolute atomic E-state index is 0.712. The summed E-state index contributed by atoms with van der Waals surface area (Å²) >= 11 is 4.86. The topological polar surface area (TPSA) is 28.7 Å². The van der Waals surface area contributed by atoms with Gasteiger partial charge in [-0.25, -0.2) is 0 Å². The molecular weight excluding hydrogens is 144 g/mol. The van der Waals surface area contributed by atoms with Crippen LogP contribution >= 0.6 is 12.2 Å². The van der Waals surface area contributed by atoms with E-state index in [0.29, 0.717) is 10.6 Å². The first-order valence-electron chi connectivity index (χ1n) is 3.41. The van der Waals surface area contributed by atoms with Gasteiger partial charge in [-0.1, -0.05) is 12.2 Å². The molecular formula is C7H8N2S. The van der Waals surface area contributed by atoms with Crippen molar-refractivity contribution in [3.05, 3.63) is 22.7 Å². The average molecular weight is 152 g/mol. The lowest BCUT2D eigenvalue weighted by atomic mass is 10.3. The molecule has 0 aliphatic heterocycles. The summed E-state index contributed by atoms with van der Waals surface area (Å²) in [5, 5.41) is 0. The zero-order chi connectivity index (χ0) is 6.97. The first-order valence-corrected chi connectivity index (χ1v) is 3.82. The minimum atomic E-state index is 0.712. The molecule has 1 aromatic heterocycles. The molecule has 1 aliphatic carbocycles. The van der Waals surface area contributed by atoms with Crippen LogP contribution in [0.3, 0.4) is 0 Å². The van der Waals surface area contributed by atoms with Crippen LogP contribution in [0.1, 0.15) is 24.5 Å². The Morgan fingerprint density at radius 2 is 2.40 bits per heavy atom. The quantitative estimate of drug-likeness (QED) is 0.624. The normalized spacial score (nSPS) is 17.2. The number of nitrogens with zero attached hydrogens (tertiary/aromatic N) is 1. The van der Waals surface area contributed by atoms with Gasteiger partial charge in [-0.3, -0.25) is 4.98 Å². The molecule has 0 atom stereocenters. The Bertz CT molecular complexity index is 267. The summed E-state index contributed by atoms with van der Waals surface area (Å²) < 4.78 is 0.712.